The molecule has 3 aromatic rings. The third-order valence-corrected chi connectivity index (χ3v) is 5.60. The Morgan fingerprint density at radius 1 is 1.08 bits per heavy atom. The molecule has 0 aliphatic rings. The Morgan fingerprint density at radius 2 is 1.85 bits per heavy atom. The van der Waals surface area contributed by atoms with E-state index < -0.39 is 8.07 Å². The number of ether oxygens (including phenoxy) is 2. The maximum Gasteiger partial charge on any atom is 0.227 e. The molecule has 0 amide bonds. The summed E-state index contributed by atoms with van der Waals surface area (Å²) in [4.78, 5) is 17.6. The number of rotatable bonds is 7. The third-order valence-electron chi connectivity index (χ3n) is 3.90. The molecule has 0 saturated heterocycles. The van der Waals surface area contributed by atoms with E-state index in [1.54, 1.807) is 18.6 Å². The van der Waals surface area contributed by atoms with E-state index in [0.717, 1.165) is 28.2 Å². The lowest BCUT2D eigenvalue weighted by Gasteiger charge is -2.16. The van der Waals surface area contributed by atoms with Crippen molar-refractivity contribution in [3.63, 3.8) is 0 Å². The van der Waals surface area contributed by atoms with E-state index in [1.807, 2.05) is 25.1 Å². The molecule has 0 atom stereocenters. The van der Waals surface area contributed by atoms with Gasteiger partial charge in [0.1, 0.15) is 0 Å². The molecule has 0 bridgehead atoms. The van der Waals surface area contributed by atoms with Crippen molar-refractivity contribution in [1.29, 1.82) is 0 Å². The average Bonchev–Trinajstić information content (AvgIpc) is 2.61. The Balaban J connectivity index is 1.83. The first kappa shape index (κ1) is 18.4. The van der Waals surface area contributed by atoms with Gasteiger partial charge >= 0.3 is 0 Å². The van der Waals surface area contributed by atoms with E-state index in [0.29, 0.717) is 18.3 Å². The van der Waals surface area contributed by atoms with Crippen molar-refractivity contribution in [1.82, 2.24) is 19.9 Å². The van der Waals surface area contributed by atoms with Crippen LogP contribution in [0, 0.1) is 6.92 Å². The van der Waals surface area contributed by atoms with E-state index >= 15 is 0 Å². The molecule has 0 radical (unpaired) electrons. The van der Waals surface area contributed by atoms with Crippen LogP contribution < -0.4 is 4.74 Å². The van der Waals surface area contributed by atoms with Crippen LogP contribution in [0.15, 0.2) is 36.8 Å². The molecule has 0 saturated carbocycles. The zero-order valence-corrected chi connectivity index (χ0v) is 16.7. The molecule has 0 fully saturated rings. The monoisotopic (exact) mass is 368 g/mol. The van der Waals surface area contributed by atoms with E-state index in [-0.39, 0.29) is 6.79 Å². The van der Waals surface area contributed by atoms with Gasteiger partial charge in [0.15, 0.2) is 12.6 Å². The number of aryl methyl sites for hydroxylation is 1. The quantitative estimate of drug-likeness (QED) is 0.355. The molecule has 0 aliphatic heterocycles. The SMILES string of the molecule is Cc1cc2c(OCOCC[Si](C)(C)C)nc(-c3ccncc3)nc2cn1. The van der Waals surface area contributed by atoms with Gasteiger partial charge in [-0.2, -0.15) is 4.98 Å². The minimum absolute atomic E-state index is 0.174. The highest BCUT2D eigenvalue weighted by Crippen LogP contribution is 2.26. The highest BCUT2D eigenvalue weighted by Gasteiger charge is 2.13. The second-order valence-electron chi connectivity index (χ2n) is 7.41. The summed E-state index contributed by atoms with van der Waals surface area (Å²) in [6.07, 6.45) is 5.18. The standard InChI is InChI=1S/C19H24N4O2Si/c1-14-11-16-17(12-21-14)22-18(15-5-7-20-8-6-15)23-19(16)25-13-24-9-10-26(2,3)4/h5-8,11-12H,9-10,13H2,1-4H3. The lowest BCUT2D eigenvalue weighted by molar-refractivity contribution is 0.0203. The van der Waals surface area contributed by atoms with Crippen molar-refractivity contribution >= 4 is 19.0 Å². The van der Waals surface area contributed by atoms with Gasteiger partial charge in [0.2, 0.25) is 5.88 Å². The lowest BCUT2D eigenvalue weighted by Crippen LogP contribution is -2.22. The Labute approximate surface area is 154 Å². The van der Waals surface area contributed by atoms with Crippen LogP contribution in [0.1, 0.15) is 5.69 Å². The molecule has 0 aromatic carbocycles. The highest BCUT2D eigenvalue weighted by molar-refractivity contribution is 6.76. The molecular weight excluding hydrogens is 344 g/mol. The van der Waals surface area contributed by atoms with Gasteiger partial charge in [-0.25, -0.2) is 4.98 Å². The molecule has 136 valence electrons. The van der Waals surface area contributed by atoms with Gasteiger partial charge in [0.25, 0.3) is 0 Å². The van der Waals surface area contributed by atoms with Crippen molar-refractivity contribution in [3.8, 4) is 17.3 Å². The number of fused-ring (bicyclic) bond motifs is 1. The van der Waals surface area contributed by atoms with E-state index in [1.165, 1.54) is 0 Å². The Bertz CT molecular complexity index is 882. The Morgan fingerprint density at radius 3 is 2.58 bits per heavy atom. The zero-order chi connectivity index (χ0) is 18.6. The maximum absolute atomic E-state index is 5.85. The van der Waals surface area contributed by atoms with Crippen molar-refractivity contribution < 1.29 is 9.47 Å². The first-order valence-electron chi connectivity index (χ1n) is 8.68. The topological polar surface area (TPSA) is 70.0 Å². The lowest BCUT2D eigenvalue weighted by atomic mass is 10.2. The predicted octanol–water partition coefficient (Wildman–Crippen LogP) is 4.09. The summed E-state index contributed by atoms with van der Waals surface area (Å²) in [5, 5.41) is 0.837. The fraction of sp³-hybridized carbons (Fsp3) is 0.368. The Kier molecular flexibility index (Phi) is 5.58. The van der Waals surface area contributed by atoms with Crippen molar-refractivity contribution in [2.45, 2.75) is 32.6 Å². The van der Waals surface area contributed by atoms with Gasteiger partial charge in [0.05, 0.1) is 17.1 Å². The van der Waals surface area contributed by atoms with Crippen LogP contribution in [0.25, 0.3) is 22.3 Å². The van der Waals surface area contributed by atoms with Crippen LogP contribution in [0.4, 0.5) is 0 Å². The second-order valence-corrected chi connectivity index (χ2v) is 13.0. The number of nitrogens with zero attached hydrogens (tertiary/aromatic N) is 4. The minimum atomic E-state index is -1.11. The first-order valence-corrected chi connectivity index (χ1v) is 12.4. The van der Waals surface area contributed by atoms with Gasteiger partial charge in [-0.05, 0) is 31.2 Å². The highest BCUT2D eigenvalue weighted by atomic mass is 28.3. The largest absolute Gasteiger partial charge is 0.450 e. The van der Waals surface area contributed by atoms with Gasteiger partial charge in [-0.15, -0.1) is 0 Å². The third kappa shape index (κ3) is 4.83. The van der Waals surface area contributed by atoms with Gasteiger partial charge in [0, 0.05) is 38.3 Å². The van der Waals surface area contributed by atoms with Gasteiger partial charge in [-0.3, -0.25) is 9.97 Å². The normalized spacial score (nSPS) is 11.7. The predicted molar refractivity (Wildman–Crippen MR) is 105 cm³/mol. The average molecular weight is 369 g/mol. The summed E-state index contributed by atoms with van der Waals surface area (Å²) < 4.78 is 11.5. The number of hydrogen-bond acceptors (Lipinski definition) is 6. The van der Waals surface area contributed by atoms with Crippen molar-refractivity contribution in [2.75, 3.05) is 13.4 Å². The van der Waals surface area contributed by atoms with Crippen LogP contribution in [0.3, 0.4) is 0 Å². The van der Waals surface area contributed by atoms with Crippen LogP contribution in [-0.4, -0.2) is 41.4 Å². The van der Waals surface area contributed by atoms with Crippen molar-refractivity contribution in [2.24, 2.45) is 0 Å². The zero-order valence-electron chi connectivity index (χ0n) is 15.7. The van der Waals surface area contributed by atoms with E-state index in [4.69, 9.17) is 9.47 Å². The number of aromatic nitrogens is 4. The molecule has 26 heavy (non-hydrogen) atoms. The molecule has 3 heterocycles. The summed E-state index contributed by atoms with van der Waals surface area (Å²) in [5.74, 6) is 1.10. The maximum atomic E-state index is 5.85. The molecule has 7 heteroatoms. The number of pyridine rings is 2. The summed E-state index contributed by atoms with van der Waals surface area (Å²) in [6.45, 7) is 9.79. The summed E-state index contributed by atoms with van der Waals surface area (Å²) in [7, 11) is -1.11. The molecular formula is C19H24N4O2Si. The molecule has 0 aliphatic carbocycles. The van der Waals surface area contributed by atoms with Crippen LogP contribution in [0.5, 0.6) is 5.88 Å². The molecule has 3 aromatic heterocycles. The van der Waals surface area contributed by atoms with E-state index in [2.05, 4.69) is 39.6 Å². The molecule has 0 spiro atoms. The smallest absolute Gasteiger partial charge is 0.227 e. The molecule has 0 unspecified atom stereocenters. The molecule has 6 nitrogen and oxygen atoms in total. The fourth-order valence-corrected chi connectivity index (χ4v) is 3.14. The van der Waals surface area contributed by atoms with Crippen LogP contribution >= 0.6 is 0 Å². The summed E-state index contributed by atoms with van der Waals surface area (Å²) >= 11 is 0. The summed E-state index contributed by atoms with van der Waals surface area (Å²) in [5.41, 5.74) is 2.52. The summed E-state index contributed by atoms with van der Waals surface area (Å²) in [6, 6.07) is 6.78. The van der Waals surface area contributed by atoms with Gasteiger partial charge in [-0.1, -0.05) is 19.6 Å². The van der Waals surface area contributed by atoms with Crippen LogP contribution in [0.2, 0.25) is 25.7 Å². The van der Waals surface area contributed by atoms with Crippen molar-refractivity contribution in [3.05, 3.63) is 42.5 Å². The van der Waals surface area contributed by atoms with Gasteiger partial charge < -0.3 is 9.47 Å². The molecule has 3 rings (SSSR count). The second kappa shape index (κ2) is 7.88. The fourth-order valence-electron chi connectivity index (χ4n) is 2.38. The minimum Gasteiger partial charge on any atom is -0.450 e. The first-order chi connectivity index (χ1) is 12.4. The van der Waals surface area contributed by atoms with Crippen LogP contribution in [-0.2, 0) is 4.74 Å². The molecule has 0 N–H and O–H groups in total. The van der Waals surface area contributed by atoms with E-state index in [9.17, 15) is 0 Å². The number of hydrogen-bond donors (Lipinski definition) is 0. The Hall–Kier alpha value is -2.38.